The molecule has 0 saturated heterocycles. The van der Waals surface area contributed by atoms with Gasteiger partial charge in [-0.2, -0.15) is 0 Å². The van der Waals surface area contributed by atoms with Crippen LogP contribution in [-0.2, 0) is 6.54 Å². The van der Waals surface area contributed by atoms with E-state index in [9.17, 15) is 0 Å². The highest BCUT2D eigenvalue weighted by molar-refractivity contribution is 5.29. The first-order valence-corrected chi connectivity index (χ1v) is 7.03. The average Bonchev–Trinajstić information content (AvgIpc) is 2.65. The number of aryl methyl sites for hydroxylation is 2. The normalized spacial score (nSPS) is 21.0. The highest BCUT2D eigenvalue weighted by atomic mass is 14.9. The molecule has 1 aliphatic carbocycles. The first-order chi connectivity index (χ1) is 8.26. The molecule has 0 spiro atoms. The highest BCUT2D eigenvalue weighted by Crippen LogP contribution is 2.67. The van der Waals surface area contributed by atoms with Gasteiger partial charge in [-0.3, -0.25) is 0 Å². The zero-order chi connectivity index (χ0) is 13.6. The Balaban J connectivity index is 1.85. The lowest BCUT2D eigenvalue weighted by molar-refractivity contribution is 0.457. The van der Waals surface area contributed by atoms with Crippen molar-refractivity contribution in [1.82, 2.24) is 5.32 Å². The molecule has 0 aliphatic heterocycles. The molecule has 18 heavy (non-hydrogen) atoms. The van der Waals surface area contributed by atoms with Gasteiger partial charge in [0.2, 0.25) is 0 Å². The van der Waals surface area contributed by atoms with Crippen molar-refractivity contribution in [2.75, 3.05) is 6.54 Å². The lowest BCUT2D eigenvalue weighted by Crippen LogP contribution is -2.18. The Labute approximate surface area is 112 Å². The van der Waals surface area contributed by atoms with E-state index in [4.69, 9.17) is 0 Å². The fraction of sp³-hybridized carbons (Fsp3) is 0.647. The molecular formula is C17H27N. The van der Waals surface area contributed by atoms with Gasteiger partial charge in [-0.25, -0.2) is 0 Å². The van der Waals surface area contributed by atoms with Crippen molar-refractivity contribution in [3.63, 3.8) is 0 Å². The quantitative estimate of drug-likeness (QED) is 0.843. The van der Waals surface area contributed by atoms with Crippen LogP contribution in [0.2, 0.25) is 0 Å². The molecule has 0 amide bonds. The van der Waals surface area contributed by atoms with E-state index < -0.39 is 0 Å². The van der Waals surface area contributed by atoms with E-state index in [2.05, 4.69) is 65.1 Å². The lowest BCUT2D eigenvalue weighted by atomic mass is 10.0. The van der Waals surface area contributed by atoms with Crippen LogP contribution >= 0.6 is 0 Å². The molecule has 0 bridgehead atoms. The number of nitrogens with one attached hydrogen (secondary N) is 1. The Morgan fingerprint density at radius 2 is 1.61 bits per heavy atom. The van der Waals surface area contributed by atoms with Crippen LogP contribution in [0.5, 0.6) is 0 Å². The number of hydrogen-bond acceptors (Lipinski definition) is 1. The second kappa shape index (κ2) is 4.38. The highest BCUT2D eigenvalue weighted by Gasteiger charge is 2.63. The minimum atomic E-state index is 0.489. The fourth-order valence-electron chi connectivity index (χ4n) is 3.12. The van der Waals surface area contributed by atoms with E-state index in [-0.39, 0.29) is 0 Å². The zero-order valence-electron chi connectivity index (χ0n) is 12.7. The van der Waals surface area contributed by atoms with Crippen molar-refractivity contribution >= 4 is 0 Å². The van der Waals surface area contributed by atoms with Crippen LogP contribution < -0.4 is 5.32 Å². The molecule has 1 aliphatic rings. The lowest BCUT2D eigenvalue weighted by Gasteiger charge is -2.08. The standard InChI is InChI=1S/C17H27N/c1-12-7-8-14(9-13(12)2)10-18-11-15-16(3,4)17(15,5)6/h7-9,15,18H,10-11H2,1-6H3. The predicted molar refractivity (Wildman–Crippen MR) is 78.7 cm³/mol. The van der Waals surface area contributed by atoms with Crippen LogP contribution in [0.25, 0.3) is 0 Å². The maximum atomic E-state index is 3.62. The molecule has 100 valence electrons. The minimum absolute atomic E-state index is 0.489. The SMILES string of the molecule is Cc1ccc(CNCC2C(C)(C)C2(C)C)cc1C. The fourth-order valence-corrected chi connectivity index (χ4v) is 3.12. The summed E-state index contributed by atoms with van der Waals surface area (Å²) in [4.78, 5) is 0. The van der Waals surface area contributed by atoms with E-state index in [1.54, 1.807) is 0 Å². The van der Waals surface area contributed by atoms with E-state index in [0.29, 0.717) is 10.8 Å². The molecule has 1 fully saturated rings. The largest absolute Gasteiger partial charge is 0.312 e. The first kappa shape index (κ1) is 13.6. The van der Waals surface area contributed by atoms with Gasteiger partial charge in [0.25, 0.3) is 0 Å². The van der Waals surface area contributed by atoms with Crippen LogP contribution in [0.1, 0.15) is 44.4 Å². The summed E-state index contributed by atoms with van der Waals surface area (Å²) < 4.78 is 0. The van der Waals surface area contributed by atoms with Gasteiger partial charge in [-0.05, 0) is 53.8 Å². The monoisotopic (exact) mass is 245 g/mol. The molecule has 1 saturated carbocycles. The summed E-state index contributed by atoms with van der Waals surface area (Å²) in [6, 6.07) is 6.75. The van der Waals surface area contributed by atoms with Gasteiger partial charge in [0.15, 0.2) is 0 Å². The van der Waals surface area contributed by atoms with E-state index in [1.807, 2.05) is 0 Å². The van der Waals surface area contributed by atoms with Crippen molar-refractivity contribution < 1.29 is 0 Å². The van der Waals surface area contributed by atoms with Crippen molar-refractivity contribution in [2.24, 2.45) is 16.7 Å². The van der Waals surface area contributed by atoms with Gasteiger partial charge in [0.05, 0.1) is 0 Å². The second-order valence-corrected chi connectivity index (χ2v) is 7.05. The molecule has 0 atom stereocenters. The van der Waals surface area contributed by atoms with Gasteiger partial charge in [-0.1, -0.05) is 45.9 Å². The maximum Gasteiger partial charge on any atom is 0.0205 e. The maximum absolute atomic E-state index is 3.62. The van der Waals surface area contributed by atoms with Gasteiger partial charge in [0.1, 0.15) is 0 Å². The Morgan fingerprint density at radius 1 is 1.00 bits per heavy atom. The van der Waals surface area contributed by atoms with Crippen molar-refractivity contribution in [1.29, 1.82) is 0 Å². The van der Waals surface area contributed by atoms with Crippen LogP contribution in [0, 0.1) is 30.6 Å². The van der Waals surface area contributed by atoms with Gasteiger partial charge >= 0.3 is 0 Å². The molecule has 0 aromatic heterocycles. The molecule has 0 heterocycles. The van der Waals surface area contributed by atoms with Crippen LogP contribution in [0.4, 0.5) is 0 Å². The number of rotatable bonds is 4. The van der Waals surface area contributed by atoms with Gasteiger partial charge in [-0.15, -0.1) is 0 Å². The van der Waals surface area contributed by atoms with E-state index in [1.165, 1.54) is 16.7 Å². The zero-order valence-corrected chi connectivity index (χ0v) is 12.7. The van der Waals surface area contributed by atoms with E-state index >= 15 is 0 Å². The third-order valence-electron chi connectivity index (χ3n) is 5.57. The number of hydrogen-bond donors (Lipinski definition) is 1. The Morgan fingerprint density at radius 3 is 2.11 bits per heavy atom. The summed E-state index contributed by atoms with van der Waals surface area (Å²) in [6.45, 7) is 16.0. The molecule has 1 aromatic carbocycles. The molecule has 1 aromatic rings. The molecular weight excluding hydrogens is 218 g/mol. The molecule has 0 radical (unpaired) electrons. The van der Waals surface area contributed by atoms with Crippen LogP contribution in [-0.4, -0.2) is 6.54 Å². The Hall–Kier alpha value is -0.820. The third kappa shape index (κ3) is 2.21. The molecule has 1 nitrogen and oxygen atoms in total. The van der Waals surface area contributed by atoms with Crippen LogP contribution in [0.15, 0.2) is 18.2 Å². The summed E-state index contributed by atoms with van der Waals surface area (Å²) in [5, 5.41) is 3.62. The number of benzene rings is 1. The second-order valence-electron chi connectivity index (χ2n) is 7.05. The Kier molecular flexibility index (Phi) is 3.31. The molecule has 2 rings (SSSR count). The first-order valence-electron chi connectivity index (χ1n) is 7.03. The van der Waals surface area contributed by atoms with Crippen LogP contribution in [0.3, 0.4) is 0 Å². The molecule has 1 heteroatoms. The van der Waals surface area contributed by atoms with Crippen molar-refractivity contribution in [3.8, 4) is 0 Å². The van der Waals surface area contributed by atoms with Crippen molar-refractivity contribution in [2.45, 2.75) is 48.1 Å². The molecule has 1 N–H and O–H groups in total. The summed E-state index contributed by atoms with van der Waals surface area (Å²) >= 11 is 0. The van der Waals surface area contributed by atoms with Gasteiger partial charge < -0.3 is 5.32 Å². The molecule has 0 unspecified atom stereocenters. The summed E-state index contributed by atoms with van der Waals surface area (Å²) in [6.07, 6.45) is 0. The third-order valence-corrected chi connectivity index (χ3v) is 5.57. The average molecular weight is 245 g/mol. The smallest absolute Gasteiger partial charge is 0.0205 e. The summed E-state index contributed by atoms with van der Waals surface area (Å²) in [5.41, 5.74) is 5.14. The summed E-state index contributed by atoms with van der Waals surface area (Å²) in [5.74, 6) is 0.802. The predicted octanol–water partition coefficient (Wildman–Crippen LogP) is 4.08. The Bertz CT molecular complexity index is 429. The van der Waals surface area contributed by atoms with Crippen molar-refractivity contribution in [3.05, 3.63) is 34.9 Å². The summed E-state index contributed by atoms with van der Waals surface area (Å²) in [7, 11) is 0. The van der Waals surface area contributed by atoms with Gasteiger partial charge in [0, 0.05) is 6.54 Å². The topological polar surface area (TPSA) is 12.0 Å². The minimum Gasteiger partial charge on any atom is -0.312 e. The van der Waals surface area contributed by atoms with E-state index in [0.717, 1.165) is 19.0 Å².